The van der Waals surface area contributed by atoms with Gasteiger partial charge in [-0.25, -0.2) is 4.98 Å². The highest BCUT2D eigenvalue weighted by Gasteiger charge is 2.10. The fraction of sp³-hybridized carbons (Fsp3) is 0.500. The Morgan fingerprint density at radius 2 is 1.96 bits per heavy atom. The van der Waals surface area contributed by atoms with Crippen molar-refractivity contribution in [1.82, 2.24) is 15.2 Å². The number of unbranched alkanes of at least 4 members (excludes halogenated alkanes) is 5. The molecule has 124 valence electrons. The molecule has 2 aromatic heterocycles. The van der Waals surface area contributed by atoms with Gasteiger partial charge in [0.1, 0.15) is 10.2 Å². The number of hydrogen-bond acceptors (Lipinski definition) is 5. The first-order chi connectivity index (χ1) is 11.2. The summed E-state index contributed by atoms with van der Waals surface area (Å²) in [6.45, 7) is 2.22. The van der Waals surface area contributed by atoms with Crippen LogP contribution in [0.2, 0.25) is 5.15 Å². The highest BCUT2D eigenvalue weighted by atomic mass is 35.5. The van der Waals surface area contributed by atoms with Gasteiger partial charge in [0.25, 0.3) is 5.91 Å². The lowest BCUT2D eigenvalue weighted by atomic mass is 10.1. The summed E-state index contributed by atoms with van der Waals surface area (Å²) in [4.78, 5) is 15.9. The molecule has 0 bridgehead atoms. The van der Waals surface area contributed by atoms with E-state index in [1.165, 1.54) is 49.6 Å². The fourth-order valence-corrected chi connectivity index (χ4v) is 3.03. The van der Waals surface area contributed by atoms with E-state index in [0.717, 1.165) is 17.8 Å². The van der Waals surface area contributed by atoms with Crippen molar-refractivity contribution in [1.29, 1.82) is 0 Å². The van der Waals surface area contributed by atoms with Crippen LogP contribution in [-0.4, -0.2) is 21.1 Å². The molecule has 2 aromatic rings. The van der Waals surface area contributed by atoms with Crippen molar-refractivity contribution in [3.8, 4) is 0 Å². The number of amides is 1. The number of aromatic nitrogens is 3. The summed E-state index contributed by atoms with van der Waals surface area (Å²) in [6.07, 6.45) is 9.86. The van der Waals surface area contributed by atoms with Crippen molar-refractivity contribution in [2.75, 3.05) is 5.32 Å². The van der Waals surface area contributed by atoms with E-state index in [2.05, 4.69) is 27.4 Å². The molecule has 1 N–H and O–H groups in total. The number of rotatable bonds is 9. The summed E-state index contributed by atoms with van der Waals surface area (Å²) in [5, 5.41) is 12.7. The molecule has 0 aromatic carbocycles. The zero-order valence-corrected chi connectivity index (χ0v) is 14.8. The molecule has 0 aliphatic heterocycles. The van der Waals surface area contributed by atoms with Crippen molar-refractivity contribution in [2.45, 2.75) is 51.9 Å². The summed E-state index contributed by atoms with van der Waals surface area (Å²) in [5.74, 6) is -0.253. The molecule has 2 heterocycles. The first-order valence-corrected chi connectivity index (χ1v) is 9.13. The van der Waals surface area contributed by atoms with Crippen LogP contribution in [0.3, 0.4) is 0 Å². The zero-order chi connectivity index (χ0) is 16.5. The van der Waals surface area contributed by atoms with Crippen molar-refractivity contribution in [3.05, 3.63) is 34.1 Å². The van der Waals surface area contributed by atoms with Crippen LogP contribution in [0.1, 0.15) is 60.8 Å². The van der Waals surface area contributed by atoms with E-state index < -0.39 is 0 Å². The molecule has 0 radical (unpaired) electrons. The van der Waals surface area contributed by atoms with E-state index in [9.17, 15) is 4.79 Å². The molecular formula is C16H21ClN4OS. The monoisotopic (exact) mass is 352 g/mol. The van der Waals surface area contributed by atoms with Gasteiger partial charge in [0.05, 0.1) is 5.56 Å². The van der Waals surface area contributed by atoms with E-state index in [1.54, 1.807) is 12.1 Å². The number of pyridine rings is 1. The molecule has 0 aliphatic carbocycles. The van der Waals surface area contributed by atoms with Gasteiger partial charge in [-0.2, -0.15) is 0 Å². The minimum Gasteiger partial charge on any atom is -0.296 e. The van der Waals surface area contributed by atoms with E-state index >= 15 is 0 Å². The maximum absolute atomic E-state index is 12.0. The quantitative estimate of drug-likeness (QED) is 0.522. The van der Waals surface area contributed by atoms with Crippen LogP contribution in [0.5, 0.6) is 0 Å². The van der Waals surface area contributed by atoms with Crippen molar-refractivity contribution >= 4 is 34.0 Å². The molecule has 0 aliphatic rings. The summed E-state index contributed by atoms with van der Waals surface area (Å²) in [7, 11) is 0. The molecular weight excluding hydrogens is 332 g/mol. The Morgan fingerprint density at radius 3 is 2.70 bits per heavy atom. The van der Waals surface area contributed by atoms with Crippen LogP contribution in [0.25, 0.3) is 0 Å². The van der Waals surface area contributed by atoms with Crippen molar-refractivity contribution < 1.29 is 4.79 Å². The van der Waals surface area contributed by atoms with Gasteiger partial charge >= 0.3 is 0 Å². The first-order valence-electron chi connectivity index (χ1n) is 7.94. The Kier molecular flexibility index (Phi) is 7.42. The molecule has 0 spiro atoms. The Labute approximate surface area is 145 Å². The minimum atomic E-state index is -0.253. The van der Waals surface area contributed by atoms with E-state index in [0.29, 0.717) is 15.8 Å². The molecule has 0 fully saturated rings. The molecule has 0 saturated heterocycles. The standard InChI is InChI=1S/C16H21ClN4OS/c1-2-3-4-5-6-7-8-14-20-21-16(23-14)19-15(22)12-9-10-13(17)18-11-12/h9-11H,2-8H2,1H3,(H,19,21,22). The topological polar surface area (TPSA) is 67.8 Å². The Balaban J connectivity index is 1.76. The van der Waals surface area contributed by atoms with E-state index in [-0.39, 0.29) is 5.91 Å². The maximum Gasteiger partial charge on any atom is 0.259 e. The normalized spacial score (nSPS) is 10.7. The van der Waals surface area contributed by atoms with Crippen LogP contribution in [0, 0.1) is 0 Å². The number of carbonyl (C=O) groups excluding carboxylic acids is 1. The Bertz CT molecular complexity index is 615. The number of nitrogens with zero attached hydrogens (tertiary/aromatic N) is 3. The van der Waals surface area contributed by atoms with E-state index in [1.807, 2.05) is 0 Å². The second kappa shape index (κ2) is 9.57. The number of hydrogen-bond donors (Lipinski definition) is 1. The second-order valence-corrected chi connectivity index (χ2v) is 6.79. The minimum absolute atomic E-state index is 0.253. The van der Waals surface area contributed by atoms with Gasteiger partial charge in [-0.1, -0.05) is 62.0 Å². The number of anilines is 1. The number of aryl methyl sites for hydroxylation is 1. The lowest BCUT2D eigenvalue weighted by molar-refractivity contribution is 0.102. The fourth-order valence-electron chi connectivity index (χ4n) is 2.14. The predicted molar refractivity (Wildman–Crippen MR) is 94.2 cm³/mol. The molecule has 0 saturated carbocycles. The third-order valence-corrected chi connectivity index (χ3v) is 4.54. The molecule has 0 atom stereocenters. The lowest BCUT2D eigenvalue weighted by Crippen LogP contribution is -2.11. The van der Waals surface area contributed by atoms with Gasteiger partial charge in [-0.15, -0.1) is 10.2 Å². The largest absolute Gasteiger partial charge is 0.296 e. The Hall–Kier alpha value is -1.53. The molecule has 2 rings (SSSR count). The third-order valence-electron chi connectivity index (χ3n) is 3.42. The van der Waals surface area contributed by atoms with Gasteiger partial charge in [-0.05, 0) is 18.6 Å². The van der Waals surface area contributed by atoms with Crippen LogP contribution in [0.4, 0.5) is 5.13 Å². The van der Waals surface area contributed by atoms with Crippen molar-refractivity contribution in [2.24, 2.45) is 0 Å². The average molecular weight is 353 g/mol. The molecule has 0 unspecified atom stereocenters. The summed E-state index contributed by atoms with van der Waals surface area (Å²) in [6, 6.07) is 3.21. The SMILES string of the molecule is CCCCCCCCc1nnc(NC(=O)c2ccc(Cl)nc2)s1. The number of nitrogens with one attached hydrogen (secondary N) is 1. The zero-order valence-electron chi connectivity index (χ0n) is 13.2. The lowest BCUT2D eigenvalue weighted by Gasteiger charge is -2.00. The summed E-state index contributed by atoms with van der Waals surface area (Å²) >= 11 is 7.13. The van der Waals surface area contributed by atoms with Gasteiger partial charge < -0.3 is 0 Å². The highest BCUT2D eigenvalue weighted by molar-refractivity contribution is 7.15. The van der Waals surface area contributed by atoms with Gasteiger partial charge in [0, 0.05) is 12.6 Å². The molecule has 1 amide bonds. The van der Waals surface area contributed by atoms with Crippen LogP contribution >= 0.6 is 22.9 Å². The molecule has 7 heteroatoms. The average Bonchev–Trinajstić information content (AvgIpc) is 2.98. The van der Waals surface area contributed by atoms with Gasteiger partial charge in [0.2, 0.25) is 5.13 Å². The van der Waals surface area contributed by atoms with Gasteiger partial charge in [-0.3, -0.25) is 10.1 Å². The Morgan fingerprint density at radius 1 is 1.17 bits per heavy atom. The summed E-state index contributed by atoms with van der Waals surface area (Å²) < 4.78 is 0. The highest BCUT2D eigenvalue weighted by Crippen LogP contribution is 2.19. The maximum atomic E-state index is 12.0. The number of carbonyl (C=O) groups is 1. The summed E-state index contributed by atoms with van der Waals surface area (Å²) in [5.41, 5.74) is 0.446. The molecule has 23 heavy (non-hydrogen) atoms. The predicted octanol–water partition coefficient (Wildman–Crippen LogP) is 4.74. The third kappa shape index (κ3) is 6.23. The molecule has 5 nitrogen and oxygen atoms in total. The van der Waals surface area contributed by atoms with Gasteiger partial charge in [0.15, 0.2) is 0 Å². The number of halogens is 1. The van der Waals surface area contributed by atoms with Crippen LogP contribution in [-0.2, 0) is 6.42 Å². The van der Waals surface area contributed by atoms with E-state index in [4.69, 9.17) is 11.6 Å². The van der Waals surface area contributed by atoms with Crippen LogP contribution < -0.4 is 5.32 Å². The smallest absolute Gasteiger partial charge is 0.259 e. The second-order valence-electron chi connectivity index (χ2n) is 5.34. The van der Waals surface area contributed by atoms with Crippen LogP contribution in [0.15, 0.2) is 18.3 Å². The first kappa shape index (κ1) is 17.8. The van der Waals surface area contributed by atoms with Crippen molar-refractivity contribution in [3.63, 3.8) is 0 Å².